The maximum absolute atomic E-state index is 13.8. The van der Waals surface area contributed by atoms with E-state index < -0.39 is 20.4 Å². The van der Waals surface area contributed by atoms with Crippen molar-refractivity contribution in [1.82, 2.24) is 10.2 Å². The van der Waals surface area contributed by atoms with Crippen molar-refractivity contribution in [3.8, 4) is 5.75 Å². The lowest BCUT2D eigenvalue weighted by Gasteiger charge is -2.23. The average Bonchev–Trinajstić information content (AvgIpc) is 2.53. The molecule has 0 bridgehead atoms. The van der Waals surface area contributed by atoms with Crippen molar-refractivity contribution < 1.29 is 17.5 Å². The van der Waals surface area contributed by atoms with Crippen molar-refractivity contribution in [3.05, 3.63) is 29.6 Å². The van der Waals surface area contributed by atoms with Crippen molar-refractivity contribution in [1.29, 1.82) is 0 Å². The quantitative estimate of drug-likeness (QED) is 0.575. The topological polar surface area (TPSA) is 71.0 Å². The summed E-state index contributed by atoms with van der Waals surface area (Å²) in [6, 6.07) is 4.79. The zero-order chi connectivity index (χ0) is 20.0. The highest BCUT2D eigenvalue weighted by Gasteiger charge is 2.28. The predicted molar refractivity (Wildman–Crippen MR) is 104 cm³/mol. The molecule has 0 saturated heterocycles. The van der Waals surface area contributed by atoms with Crippen molar-refractivity contribution in [2.24, 2.45) is 4.99 Å². The summed E-state index contributed by atoms with van der Waals surface area (Å²) in [7, 11) is 0.0206. The van der Waals surface area contributed by atoms with E-state index in [4.69, 9.17) is 4.74 Å². The molecule has 0 aliphatic heterocycles. The molecule has 0 aromatic heterocycles. The minimum absolute atomic E-state index is 0.0175. The number of halogens is 1. The lowest BCUT2D eigenvalue weighted by atomic mass is 10.2. The Morgan fingerprint density at radius 3 is 2.50 bits per heavy atom. The number of aliphatic imine (C=N–C) groups is 1. The summed E-state index contributed by atoms with van der Waals surface area (Å²) in [5.41, 5.74) is 0.763. The van der Waals surface area contributed by atoms with Gasteiger partial charge in [0.05, 0.1) is 24.2 Å². The highest BCUT2D eigenvalue weighted by molar-refractivity contribution is 7.92. The number of sulfone groups is 1. The van der Waals surface area contributed by atoms with E-state index in [0.717, 1.165) is 5.56 Å². The van der Waals surface area contributed by atoms with Crippen LogP contribution in [0.1, 0.15) is 33.3 Å². The van der Waals surface area contributed by atoms with Gasteiger partial charge >= 0.3 is 0 Å². The molecule has 0 amide bonds. The molecule has 148 valence electrons. The Hall–Kier alpha value is -1.83. The van der Waals surface area contributed by atoms with Gasteiger partial charge in [-0.2, -0.15) is 0 Å². The second-order valence-corrected chi connectivity index (χ2v) is 9.85. The lowest BCUT2D eigenvalue weighted by Crippen LogP contribution is -2.39. The van der Waals surface area contributed by atoms with Gasteiger partial charge in [-0.25, -0.2) is 12.8 Å². The van der Waals surface area contributed by atoms with Crippen LogP contribution in [-0.2, 0) is 16.4 Å². The Bertz CT molecular complexity index is 728. The van der Waals surface area contributed by atoms with Gasteiger partial charge in [0.15, 0.2) is 27.4 Å². The number of methoxy groups -OCH3 is 1. The number of nitrogens with zero attached hydrogens (tertiary/aromatic N) is 2. The Kier molecular flexibility index (Phi) is 7.87. The lowest BCUT2D eigenvalue weighted by molar-refractivity contribution is 0.385. The summed E-state index contributed by atoms with van der Waals surface area (Å²) < 4.78 is 42.3. The second-order valence-electron chi connectivity index (χ2n) is 6.99. The first-order chi connectivity index (χ1) is 12.0. The first kappa shape index (κ1) is 22.2. The van der Waals surface area contributed by atoms with Crippen LogP contribution in [0.2, 0.25) is 0 Å². The van der Waals surface area contributed by atoms with Crippen LogP contribution in [0.4, 0.5) is 4.39 Å². The van der Waals surface area contributed by atoms with Crippen molar-refractivity contribution in [2.45, 2.75) is 39.0 Å². The first-order valence-electron chi connectivity index (χ1n) is 8.56. The molecule has 0 fully saturated rings. The Balaban J connectivity index is 2.83. The van der Waals surface area contributed by atoms with Crippen molar-refractivity contribution in [3.63, 3.8) is 0 Å². The molecule has 0 saturated carbocycles. The van der Waals surface area contributed by atoms with Crippen LogP contribution in [0.25, 0.3) is 0 Å². The normalized spacial score (nSPS) is 12.8. The molecule has 1 aromatic rings. The molecule has 0 unspecified atom stereocenters. The highest BCUT2D eigenvalue weighted by Crippen LogP contribution is 2.18. The van der Waals surface area contributed by atoms with E-state index in [1.54, 1.807) is 32.9 Å². The van der Waals surface area contributed by atoms with Crippen molar-refractivity contribution >= 4 is 15.8 Å². The monoisotopic (exact) mass is 387 g/mol. The van der Waals surface area contributed by atoms with Gasteiger partial charge < -0.3 is 15.0 Å². The number of nitrogens with one attached hydrogen (secondary N) is 1. The third kappa shape index (κ3) is 6.16. The summed E-state index contributed by atoms with van der Waals surface area (Å²) in [6.45, 7) is 8.22. The van der Waals surface area contributed by atoms with E-state index in [-0.39, 0.29) is 18.0 Å². The SMILES string of the molecule is CCNC(=NCCS(=O)(=O)C(C)(C)C)N(C)Cc1ccc(OC)c(F)c1. The van der Waals surface area contributed by atoms with Gasteiger partial charge in [-0.05, 0) is 45.4 Å². The first-order valence-corrected chi connectivity index (χ1v) is 10.2. The summed E-state index contributed by atoms with van der Waals surface area (Å²) in [5.74, 6) is 0.338. The molecule has 8 heteroatoms. The molecular formula is C18H30FN3O3S. The molecule has 0 heterocycles. The van der Waals surface area contributed by atoms with Gasteiger partial charge in [-0.1, -0.05) is 6.07 Å². The van der Waals surface area contributed by atoms with E-state index in [2.05, 4.69) is 10.3 Å². The summed E-state index contributed by atoms with van der Waals surface area (Å²) in [4.78, 5) is 6.23. The minimum atomic E-state index is -3.22. The van der Waals surface area contributed by atoms with Crippen LogP contribution in [0, 0.1) is 5.82 Å². The minimum Gasteiger partial charge on any atom is -0.494 e. The zero-order valence-electron chi connectivity index (χ0n) is 16.5. The van der Waals surface area contributed by atoms with E-state index >= 15 is 0 Å². The largest absolute Gasteiger partial charge is 0.494 e. The number of ether oxygens (including phenoxy) is 1. The fourth-order valence-corrected chi connectivity index (χ4v) is 3.15. The van der Waals surface area contributed by atoms with E-state index in [0.29, 0.717) is 19.0 Å². The van der Waals surface area contributed by atoms with Gasteiger partial charge in [0.25, 0.3) is 0 Å². The molecule has 1 N–H and O–H groups in total. The molecular weight excluding hydrogens is 357 g/mol. The van der Waals surface area contributed by atoms with Crippen LogP contribution < -0.4 is 10.1 Å². The van der Waals surface area contributed by atoms with Gasteiger partial charge in [-0.15, -0.1) is 0 Å². The number of hydrogen-bond donors (Lipinski definition) is 1. The molecule has 0 radical (unpaired) electrons. The van der Waals surface area contributed by atoms with Gasteiger partial charge in [0.1, 0.15) is 0 Å². The van der Waals surface area contributed by atoms with Crippen LogP contribution in [-0.4, -0.2) is 57.0 Å². The van der Waals surface area contributed by atoms with Gasteiger partial charge in [-0.3, -0.25) is 4.99 Å². The maximum Gasteiger partial charge on any atom is 0.193 e. The molecule has 26 heavy (non-hydrogen) atoms. The maximum atomic E-state index is 13.8. The molecule has 0 aliphatic rings. The standard InChI is InChI=1S/C18H30FN3O3S/c1-7-20-17(21-10-11-26(23,24)18(2,3)4)22(5)13-14-8-9-16(25-6)15(19)12-14/h8-9,12H,7,10-11,13H2,1-6H3,(H,20,21). The van der Waals surface area contributed by atoms with Crippen LogP contribution in [0.3, 0.4) is 0 Å². The van der Waals surface area contributed by atoms with E-state index in [1.807, 2.05) is 18.9 Å². The molecule has 0 atom stereocenters. The van der Waals surface area contributed by atoms with Crippen LogP contribution in [0.5, 0.6) is 5.75 Å². The molecule has 1 aromatic carbocycles. The summed E-state index contributed by atoms with van der Waals surface area (Å²) >= 11 is 0. The van der Waals surface area contributed by atoms with Crippen LogP contribution >= 0.6 is 0 Å². The van der Waals surface area contributed by atoms with Crippen LogP contribution in [0.15, 0.2) is 23.2 Å². The summed E-state index contributed by atoms with van der Waals surface area (Å²) in [5, 5.41) is 3.13. The Morgan fingerprint density at radius 2 is 2.00 bits per heavy atom. The fourth-order valence-electron chi connectivity index (χ4n) is 2.20. The number of rotatable bonds is 7. The van der Waals surface area contributed by atoms with E-state index in [1.165, 1.54) is 13.2 Å². The number of benzene rings is 1. The third-order valence-corrected chi connectivity index (χ3v) is 6.47. The second kappa shape index (κ2) is 9.21. The van der Waals surface area contributed by atoms with E-state index in [9.17, 15) is 12.8 Å². The molecule has 1 rings (SSSR count). The Labute approximate surface area is 156 Å². The molecule has 0 spiro atoms. The smallest absolute Gasteiger partial charge is 0.193 e. The van der Waals surface area contributed by atoms with Crippen molar-refractivity contribution in [2.75, 3.05) is 33.0 Å². The van der Waals surface area contributed by atoms with Gasteiger partial charge in [0.2, 0.25) is 0 Å². The number of guanidine groups is 1. The zero-order valence-corrected chi connectivity index (χ0v) is 17.3. The number of hydrogen-bond acceptors (Lipinski definition) is 4. The third-order valence-electron chi connectivity index (χ3n) is 3.89. The van der Waals surface area contributed by atoms with Gasteiger partial charge in [0, 0.05) is 20.1 Å². The fraction of sp³-hybridized carbons (Fsp3) is 0.611. The highest BCUT2D eigenvalue weighted by atomic mass is 32.2. The summed E-state index contributed by atoms with van der Waals surface area (Å²) in [6.07, 6.45) is 0. The Morgan fingerprint density at radius 1 is 1.35 bits per heavy atom. The molecule has 0 aliphatic carbocycles. The predicted octanol–water partition coefficient (Wildman–Crippen LogP) is 2.44. The molecule has 6 nitrogen and oxygen atoms in total. The average molecular weight is 388 g/mol.